The quantitative estimate of drug-likeness (QED) is 0.839. The molecule has 1 fully saturated rings. The third-order valence-electron chi connectivity index (χ3n) is 4.02. The molecule has 1 saturated heterocycles. The summed E-state index contributed by atoms with van der Waals surface area (Å²) in [6.45, 7) is 5.52. The zero-order chi connectivity index (χ0) is 15.5. The minimum atomic E-state index is 0.147. The molecule has 1 amide bonds. The lowest BCUT2D eigenvalue weighted by Crippen LogP contribution is -2.37. The molecule has 3 rings (SSSR count). The Balaban J connectivity index is 1.91. The van der Waals surface area contributed by atoms with E-state index in [1.807, 2.05) is 17.9 Å². The van der Waals surface area contributed by atoms with E-state index in [2.05, 4.69) is 19.1 Å². The highest BCUT2D eigenvalue weighted by Crippen LogP contribution is 2.31. The van der Waals surface area contributed by atoms with Crippen LogP contribution < -0.4 is 4.90 Å². The molecular formula is C17H22N2O2S. The van der Waals surface area contributed by atoms with Gasteiger partial charge >= 0.3 is 0 Å². The zero-order valence-corrected chi connectivity index (χ0v) is 14.0. The molecule has 2 heterocycles. The first-order chi connectivity index (χ1) is 10.7. The van der Waals surface area contributed by atoms with Gasteiger partial charge in [0.2, 0.25) is 5.91 Å². The maximum absolute atomic E-state index is 12.5. The fourth-order valence-corrected chi connectivity index (χ4v) is 3.89. The van der Waals surface area contributed by atoms with E-state index in [1.54, 1.807) is 11.3 Å². The zero-order valence-electron chi connectivity index (χ0n) is 13.2. The lowest BCUT2D eigenvalue weighted by molar-refractivity contribution is -0.119. The summed E-state index contributed by atoms with van der Waals surface area (Å²) in [6, 6.07) is 6.17. The number of amides is 1. The van der Waals surface area contributed by atoms with Gasteiger partial charge in [0.25, 0.3) is 0 Å². The summed E-state index contributed by atoms with van der Waals surface area (Å²) in [5.74, 6) is 0.148. The number of carbonyl (C=O) groups excluding carboxylic acids is 1. The summed E-state index contributed by atoms with van der Waals surface area (Å²) in [5.41, 5.74) is 2.16. The topological polar surface area (TPSA) is 42.4 Å². The number of para-hydroxylation sites is 1. The molecule has 1 unspecified atom stereocenters. The number of fused-ring (bicyclic) bond motifs is 1. The summed E-state index contributed by atoms with van der Waals surface area (Å²) in [4.78, 5) is 19.1. The Hall–Kier alpha value is -1.46. The number of anilines is 1. The van der Waals surface area contributed by atoms with Crippen LogP contribution in [0.5, 0.6) is 0 Å². The van der Waals surface area contributed by atoms with Gasteiger partial charge in [-0.1, -0.05) is 30.4 Å². The number of rotatable bonds is 5. The van der Waals surface area contributed by atoms with Crippen LogP contribution in [0.15, 0.2) is 18.2 Å². The van der Waals surface area contributed by atoms with Gasteiger partial charge in [-0.3, -0.25) is 9.69 Å². The number of aryl methyl sites for hydroxylation is 1. The van der Waals surface area contributed by atoms with Gasteiger partial charge in [-0.05, 0) is 37.8 Å². The highest BCUT2D eigenvalue weighted by Gasteiger charge is 2.25. The lowest BCUT2D eigenvalue weighted by Gasteiger charge is -2.22. The Morgan fingerprint density at radius 1 is 1.50 bits per heavy atom. The standard InChI is InChI=1S/C17H22N2O2S/c1-3-6-15(20)19(11-13-8-5-10-21-13)17-18-16-12(2)7-4-9-14(16)22-17/h4,7,9,13H,3,5-6,8,10-11H2,1-2H3. The number of hydrogen-bond acceptors (Lipinski definition) is 4. The average Bonchev–Trinajstić information content (AvgIpc) is 3.14. The lowest BCUT2D eigenvalue weighted by atomic mass is 10.2. The van der Waals surface area contributed by atoms with Crippen LogP contribution in [0.2, 0.25) is 0 Å². The summed E-state index contributed by atoms with van der Waals surface area (Å²) in [7, 11) is 0. The van der Waals surface area contributed by atoms with Crippen molar-refractivity contribution in [3.63, 3.8) is 0 Å². The molecule has 0 saturated carbocycles. The minimum Gasteiger partial charge on any atom is -0.376 e. The van der Waals surface area contributed by atoms with Gasteiger partial charge in [0.05, 0.1) is 22.9 Å². The van der Waals surface area contributed by atoms with E-state index < -0.39 is 0 Å². The van der Waals surface area contributed by atoms with Crippen LogP contribution in [0, 0.1) is 6.92 Å². The smallest absolute Gasteiger partial charge is 0.228 e. The van der Waals surface area contributed by atoms with E-state index in [0.717, 1.165) is 46.8 Å². The van der Waals surface area contributed by atoms with Gasteiger partial charge in [0.15, 0.2) is 5.13 Å². The van der Waals surface area contributed by atoms with E-state index in [4.69, 9.17) is 9.72 Å². The highest BCUT2D eigenvalue weighted by molar-refractivity contribution is 7.22. The molecule has 4 nitrogen and oxygen atoms in total. The van der Waals surface area contributed by atoms with Crippen molar-refractivity contribution in [2.75, 3.05) is 18.1 Å². The molecule has 1 atom stereocenters. The van der Waals surface area contributed by atoms with Crippen LogP contribution in [-0.2, 0) is 9.53 Å². The molecule has 0 radical (unpaired) electrons. The summed E-state index contributed by atoms with van der Waals surface area (Å²) in [6.07, 6.45) is 3.67. The third kappa shape index (κ3) is 3.15. The van der Waals surface area contributed by atoms with Crippen molar-refractivity contribution >= 4 is 32.6 Å². The van der Waals surface area contributed by atoms with E-state index in [1.165, 1.54) is 0 Å². The maximum atomic E-state index is 12.5. The summed E-state index contributed by atoms with van der Waals surface area (Å²) < 4.78 is 6.85. The van der Waals surface area contributed by atoms with Crippen LogP contribution in [0.25, 0.3) is 10.2 Å². The predicted molar refractivity (Wildman–Crippen MR) is 90.6 cm³/mol. The van der Waals surface area contributed by atoms with Crippen LogP contribution in [-0.4, -0.2) is 30.1 Å². The molecule has 2 aromatic rings. The number of carbonyl (C=O) groups is 1. The average molecular weight is 318 g/mol. The summed E-state index contributed by atoms with van der Waals surface area (Å²) >= 11 is 1.60. The number of hydrogen-bond donors (Lipinski definition) is 0. The maximum Gasteiger partial charge on any atom is 0.228 e. The fraction of sp³-hybridized carbons (Fsp3) is 0.529. The largest absolute Gasteiger partial charge is 0.376 e. The van der Waals surface area contributed by atoms with Crippen molar-refractivity contribution in [1.29, 1.82) is 0 Å². The van der Waals surface area contributed by atoms with Crippen LogP contribution in [0.4, 0.5) is 5.13 Å². The molecule has 0 N–H and O–H groups in total. The van der Waals surface area contributed by atoms with Crippen LogP contribution >= 0.6 is 11.3 Å². The van der Waals surface area contributed by atoms with Gasteiger partial charge < -0.3 is 4.74 Å². The van der Waals surface area contributed by atoms with Crippen LogP contribution in [0.1, 0.15) is 38.2 Å². The second-order valence-electron chi connectivity index (χ2n) is 5.81. The molecule has 118 valence electrons. The van der Waals surface area contributed by atoms with E-state index >= 15 is 0 Å². The first-order valence-electron chi connectivity index (χ1n) is 7.97. The number of benzene rings is 1. The van der Waals surface area contributed by atoms with Crippen molar-refractivity contribution in [3.8, 4) is 0 Å². The first-order valence-corrected chi connectivity index (χ1v) is 8.79. The van der Waals surface area contributed by atoms with Gasteiger partial charge in [0, 0.05) is 13.0 Å². The Bertz CT molecular complexity index is 662. The van der Waals surface area contributed by atoms with Gasteiger partial charge in [-0.15, -0.1) is 0 Å². The number of ether oxygens (including phenoxy) is 1. The fourth-order valence-electron chi connectivity index (χ4n) is 2.82. The second kappa shape index (κ2) is 6.75. The number of nitrogens with zero attached hydrogens (tertiary/aromatic N) is 2. The van der Waals surface area contributed by atoms with Gasteiger partial charge in [0.1, 0.15) is 0 Å². The molecule has 5 heteroatoms. The van der Waals surface area contributed by atoms with E-state index in [-0.39, 0.29) is 12.0 Å². The Kier molecular flexibility index (Phi) is 4.74. The molecule has 0 aliphatic carbocycles. The van der Waals surface area contributed by atoms with E-state index in [9.17, 15) is 4.79 Å². The van der Waals surface area contributed by atoms with Crippen molar-refractivity contribution in [2.24, 2.45) is 0 Å². The minimum absolute atomic E-state index is 0.147. The monoisotopic (exact) mass is 318 g/mol. The van der Waals surface area contributed by atoms with Gasteiger partial charge in [-0.25, -0.2) is 4.98 Å². The molecule has 1 aromatic heterocycles. The highest BCUT2D eigenvalue weighted by atomic mass is 32.1. The van der Waals surface area contributed by atoms with Gasteiger partial charge in [-0.2, -0.15) is 0 Å². The Labute approximate surface area is 135 Å². The third-order valence-corrected chi connectivity index (χ3v) is 5.06. The normalized spacial score (nSPS) is 18.0. The molecular weight excluding hydrogens is 296 g/mol. The molecule has 1 aliphatic heterocycles. The van der Waals surface area contributed by atoms with Crippen molar-refractivity contribution in [2.45, 2.75) is 45.6 Å². The molecule has 0 spiro atoms. The van der Waals surface area contributed by atoms with E-state index in [0.29, 0.717) is 13.0 Å². The molecule has 1 aliphatic rings. The predicted octanol–water partition coefficient (Wildman–Crippen LogP) is 3.92. The summed E-state index contributed by atoms with van der Waals surface area (Å²) in [5, 5.41) is 0.804. The van der Waals surface area contributed by atoms with Crippen molar-refractivity contribution in [3.05, 3.63) is 23.8 Å². The Morgan fingerprint density at radius 2 is 2.36 bits per heavy atom. The molecule has 22 heavy (non-hydrogen) atoms. The van der Waals surface area contributed by atoms with Crippen molar-refractivity contribution < 1.29 is 9.53 Å². The SMILES string of the molecule is CCCC(=O)N(CC1CCCO1)c1nc2c(C)cccc2s1. The first kappa shape index (κ1) is 15.4. The van der Waals surface area contributed by atoms with Crippen molar-refractivity contribution in [1.82, 2.24) is 4.98 Å². The number of thiazole rings is 1. The Morgan fingerprint density at radius 3 is 3.05 bits per heavy atom. The molecule has 1 aromatic carbocycles. The second-order valence-corrected chi connectivity index (χ2v) is 6.82. The molecule has 0 bridgehead atoms. The number of aromatic nitrogens is 1. The van der Waals surface area contributed by atoms with Crippen LogP contribution in [0.3, 0.4) is 0 Å².